The van der Waals surface area contributed by atoms with Gasteiger partial charge in [0.25, 0.3) is 5.56 Å². The summed E-state index contributed by atoms with van der Waals surface area (Å²) in [5.41, 5.74) is 2.06. The van der Waals surface area contributed by atoms with E-state index in [9.17, 15) is 4.79 Å². The predicted molar refractivity (Wildman–Crippen MR) is 101 cm³/mol. The van der Waals surface area contributed by atoms with Crippen molar-refractivity contribution < 1.29 is 14.0 Å². The minimum absolute atomic E-state index is 0.304. The van der Waals surface area contributed by atoms with Gasteiger partial charge >= 0.3 is 0 Å². The molecule has 0 amide bonds. The maximum Gasteiger partial charge on any atom is 0.280 e. The molecule has 1 N–H and O–H groups in total. The first-order chi connectivity index (χ1) is 13.2. The maximum absolute atomic E-state index is 11.4. The monoisotopic (exact) mass is 360 g/mol. The Balaban J connectivity index is 1.75. The molecule has 0 spiro atoms. The van der Waals surface area contributed by atoms with Gasteiger partial charge in [0.1, 0.15) is 11.5 Å². The summed E-state index contributed by atoms with van der Waals surface area (Å²) in [4.78, 5) is 15.7. The van der Waals surface area contributed by atoms with Crippen molar-refractivity contribution in [1.29, 1.82) is 0 Å². The molecule has 2 aromatic heterocycles. The van der Waals surface area contributed by atoms with Crippen LogP contribution in [0.1, 0.15) is 0 Å². The highest BCUT2D eigenvalue weighted by molar-refractivity contribution is 5.76. The van der Waals surface area contributed by atoms with Gasteiger partial charge in [0, 0.05) is 11.8 Å². The number of rotatable bonds is 5. The molecule has 0 atom stereocenters. The normalized spacial score (nSPS) is 10.6. The Labute approximate surface area is 155 Å². The minimum atomic E-state index is -0.304. The van der Waals surface area contributed by atoms with Gasteiger partial charge in [0.05, 0.1) is 18.7 Å². The zero-order chi connectivity index (χ0) is 18.6. The number of hydrogen-bond donors (Lipinski definition) is 1. The summed E-state index contributed by atoms with van der Waals surface area (Å²) in [5.74, 6) is 2.18. The second-order valence-electron chi connectivity index (χ2n) is 5.76. The summed E-state index contributed by atoms with van der Waals surface area (Å²) in [6.45, 7) is 0. The fraction of sp³-hybridized carbons (Fsp3) is 0.0476. The lowest BCUT2D eigenvalue weighted by Gasteiger charge is -2.12. The van der Waals surface area contributed by atoms with E-state index in [0.717, 1.165) is 11.1 Å². The Morgan fingerprint density at radius 2 is 1.81 bits per heavy atom. The summed E-state index contributed by atoms with van der Waals surface area (Å²) in [6.07, 6.45) is 1.68. The lowest BCUT2D eigenvalue weighted by Crippen LogP contribution is -1.94. The second-order valence-corrected chi connectivity index (χ2v) is 5.76. The fourth-order valence-electron chi connectivity index (χ4n) is 2.77. The van der Waals surface area contributed by atoms with Crippen LogP contribution in [-0.4, -0.2) is 17.3 Å². The van der Waals surface area contributed by atoms with E-state index in [-0.39, 0.29) is 5.56 Å². The van der Waals surface area contributed by atoms with Gasteiger partial charge in [-0.25, -0.2) is 4.98 Å². The third-order valence-electron chi connectivity index (χ3n) is 4.03. The maximum atomic E-state index is 11.4. The van der Waals surface area contributed by atoms with Gasteiger partial charge < -0.3 is 14.0 Å². The molecule has 0 aliphatic heterocycles. The van der Waals surface area contributed by atoms with E-state index in [1.165, 1.54) is 6.07 Å². The molecule has 0 radical (unpaired) electrons. The molecule has 0 aliphatic carbocycles. The molecule has 2 heterocycles. The number of pyridine rings is 1. The smallest absolute Gasteiger partial charge is 0.280 e. The number of hydrogen-bond acceptors (Lipinski definition) is 5. The van der Waals surface area contributed by atoms with E-state index in [2.05, 4.69) is 10.1 Å². The van der Waals surface area contributed by atoms with Gasteiger partial charge in [-0.3, -0.25) is 4.79 Å². The Hall–Kier alpha value is -3.80. The highest BCUT2D eigenvalue weighted by Gasteiger charge is 2.15. The van der Waals surface area contributed by atoms with E-state index in [4.69, 9.17) is 14.0 Å². The quantitative estimate of drug-likeness (QED) is 0.567. The van der Waals surface area contributed by atoms with Crippen LogP contribution < -0.4 is 15.0 Å². The van der Waals surface area contributed by atoms with Crippen LogP contribution in [-0.2, 0) is 0 Å². The SMILES string of the molecule is COc1cc(-c2cccnc2Oc2ccccc2)ccc1-c1cc(=O)[nH]o1. The fourth-order valence-corrected chi connectivity index (χ4v) is 2.77. The van der Waals surface area contributed by atoms with Crippen molar-refractivity contribution in [2.24, 2.45) is 0 Å². The zero-order valence-electron chi connectivity index (χ0n) is 14.5. The molecule has 0 saturated carbocycles. The van der Waals surface area contributed by atoms with Crippen molar-refractivity contribution in [3.8, 4) is 39.8 Å². The Bertz CT molecular complexity index is 1120. The molecule has 0 fully saturated rings. The summed E-state index contributed by atoms with van der Waals surface area (Å²) < 4.78 is 16.6. The number of ether oxygens (including phenoxy) is 2. The third-order valence-corrected chi connectivity index (χ3v) is 4.03. The molecule has 4 aromatic rings. The Morgan fingerprint density at radius 1 is 0.963 bits per heavy atom. The van der Waals surface area contributed by atoms with Gasteiger partial charge in [-0.1, -0.05) is 24.3 Å². The van der Waals surface area contributed by atoms with E-state index < -0.39 is 0 Å². The molecule has 0 unspecified atom stereocenters. The zero-order valence-corrected chi connectivity index (χ0v) is 14.5. The van der Waals surface area contributed by atoms with Crippen molar-refractivity contribution in [2.45, 2.75) is 0 Å². The van der Waals surface area contributed by atoms with Crippen LogP contribution >= 0.6 is 0 Å². The number of H-pyrrole nitrogens is 1. The van der Waals surface area contributed by atoms with Gasteiger partial charge in [-0.2, -0.15) is 5.16 Å². The molecule has 0 aliphatic rings. The van der Waals surface area contributed by atoms with E-state index in [0.29, 0.717) is 28.7 Å². The highest BCUT2D eigenvalue weighted by Crippen LogP contribution is 2.37. The van der Waals surface area contributed by atoms with E-state index >= 15 is 0 Å². The summed E-state index contributed by atoms with van der Waals surface area (Å²) in [5, 5.41) is 2.29. The first-order valence-electron chi connectivity index (χ1n) is 8.30. The van der Waals surface area contributed by atoms with Crippen molar-refractivity contribution in [3.63, 3.8) is 0 Å². The van der Waals surface area contributed by atoms with Crippen LogP contribution in [0, 0.1) is 0 Å². The van der Waals surface area contributed by atoms with Crippen LogP contribution in [0.5, 0.6) is 17.4 Å². The molecule has 6 nitrogen and oxygen atoms in total. The lowest BCUT2D eigenvalue weighted by molar-refractivity contribution is 0.404. The lowest BCUT2D eigenvalue weighted by atomic mass is 10.0. The average Bonchev–Trinajstić information content (AvgIpc) is 3.15. The molecule has 0 saturated heterocycles. The van der Waals surface area contributed by atoms with Crippen molar-refractivity contribution in [3.05, 3.63) is 83.3 Å². The summed E-state index contributed by atoms with van der Waals surface area (Å²) in [6, 6.07) is 20.2. The highest BCUT2D eigenvalue weighted by atomic mass is 16.5. The van der Waals surface area contributed by atoms with Gasteiger partial charge in [0.15, 0.2) is 5.76 Å². The van der Waals surface area contributed by atoms with Gasteiger partial charge in [-0.05, 0) is 42.0 Å². The summed E-state index contributed by atoms with van der Waals surface area (Å²) >= 11 is 0. The first-order valence-corrected chi connectivity index (χ1v) is 8.30. The molecule has 2 aromatic carbocycles. The number of methoxy groups -OCH3 is 1. The van der Waals surface area contributed by atoms with Gasteiger partial charge in [-0.15, -0.1) is 0 Å². The van der Waals surface area contributed by atoms with Gasteiger partial charge in [0.2, 0.25) is 5.88 Å². The van der Waals surface area contributed by atoms with Crippen LogP contribution in [0.25, 0.3) is 22.5 Å². The molecular formula is C21H16N2O4. The van der Waals surface area contributed by atoms with Crippen LogP contribution in [0.4, 0.5) is 0 Å². The largest absolute Gasteiger partial charge is 0.496 e. The molecule has 134 valence electrons. The van der Waals surface area contributed by atoms with Crippen LogP contribution in [0.15, 0.2) is 82.2 Å². The Kier molecular flexibility index (Phi) is 4.45. The average molecular weight is 360 g/mol. The van der Waals surface area contributed by atoms with E-state index in [1.54, 1.807) is 13.3 Å². The third kappa shape index (κ3) is 3.46. The number of benzene rings is 2. The number of nitrogens with zero attached hydrogens (tertiary/aromatic N) is 1. The number of aromatic nitrogens is 2. The predicted octanol–water partition coefficient (Wildman–Crippen LogP) is 4.50. The summed E-state index contributed by atoms with van der Waals surface area (Å²) in [7, 11) is 1.57. The number of aromatic amines is 1. The van der Waals surface area contributed by atoms with Crippen LogP contribution in [0.2, 0.25) is 0 Å². The number of nitrogens with one attached hydrogen (secondary N) is 1. The molecule has 6 heteroatoms. The first kappa shape index (κ1) is 16.7. The van der Waals surface area contributed by atoms with E-state index in [1.807, 2.05) is 60.7 Å². The van der Waals surface area contributed by atoms with Crippen LogP contribution in [0.3, 0.4) is 0 Å². The van der Waals surface area contributed by atoms with Crippen molar-refractivity contribution >= 4 is 0 Å². The standard InChI is InChI=1S/C21H16N2O4/c1-25-18-12-14(9-10-17(18)19-13-20(24)23-27-19)16-8-5-11-22-21(16)26-15-6-3-2-4-7-15/h2-13H,1H3,(H,23,24). The topological polar surface area (TPSA) is 77.4 Å². The molecule has 4 rings (SSSR count). The van der Waals surface area contributed by atoms with Crippen molar-refractivity contribution in [1.82, 2.24) is 10.1 Å². The number of para-hydroxylation sites is 1. The second kappa shape index (κ2) is 7.21. The van der Waals surface area contributed by atoms with Crippen molar-refractivity contribution in [2.75, 3.05) is 7.11 Å². The Morgan fingerprint density at radius 3 is 2.56 bits per heavy atom. The molecule has 27 heavy (non-hydrogen) atoms. The molecular weight excluding hydrogens is 344 g/mol. The molecule has 0 bridgehead atoms. The minimum Gasteiger partial charge on any atom is -0.496 e.